The molecule has 1 atom stereocenters. The molecule has 0 aliphatic carbocycles. The average Bonchev–Trinajstić information content (AvgIpc) is 2.73. The van der Waals surface area contributed by atoms with Crippen LogP contribution in [0.1, 0.15) is 17.3 Å². The van der Waals surface area contributed by atoms with Crippen molar-refractivity contribution in [2.24, 2.45) is 0 Å². The molecule has 1 N–H and O–H groups in total. The number of ether oxygens (including phenoxy) is 2. The summed E-state index contributed by atoms with van der Waals surface area (Å²) < 4.78 is 10.4. The lowest BCUT2D eigenvalue weighted by molar-refractivity contribution is -0.384. The van der Waals surface area contributed by atoms with Gasteiger partial charge in [-0.3, -0.25) is 14.9 Å². The first-order valence-electron chi connectivity index (χ1n) is 8.72. The number of anilines is 1. The van der Waals surface area contributed by atoms with E-state index in [-0.39, 0.29) is 17.1 Å². The Morgan fingerprint density at radius 1 is 1.03 bits per heavy atom. The minimum Gasteiger partial charge on any atom is -0.495 e. The summed E-state index contributed by atoms with van der Waals surface area (Å²) in [7, 11) is 1.38. The lowest BCUT2D eigenvalue weighted by Gasteiger charge is -2.15. The molecule has 3 aromatic carbocycles. The van der Waals surface area contributed by atoms with Crippen LogP contribution >= 0.6 is 0 Å². The zero-order chi connectivity index (χ0) is 21.0. The van der Waals surface area contributed by atoms with E-state index < -0.39 is 22.9 Å². The highest BCUT2D eigenvalue weighted by atomic mass is 16.6. The number of fused-ring (bicyclic) bond motifs is 1. The van der Waals surface area contributed by atoms with Gasteiger partial charge in [0.15, 0.2) is 6.10 Å². The van der Waals surface area contributed by atoms with Crippen molar-refractivity contribution in [1.82, 2.24) is 0 Å². The van der Waals surface area contributed by atoms with Crippen molar-refractivity contribution in [2.45, 2.75) is 13.0 Å². The minimum absolute atomic E-state index is 0.111. The number of hydrogen-bond donors (Lipinski definition) is 1. The molecule has 0 bridgehead atoms. The van der Waals surface area contributed by atoms with Crippen LogP contribution in [-0.4, -0.2) is 30.0 Å². The maximum Gasteiger partial charge on any atom is 0.338 e. The van der Waals surface area contributed by atoms with Crippen molar-refractivity contribution >= 4 is 34.0 Å². The van der Waals surface area contributed by atoms with Crippen molar-refractivity contribution in [2.75, 3.05) is 12.4 Å². The van der Waals surface area contributed by atoms with E-state index in [1.165, 1.54) is 32.2 Å². The summed E-state index contributed by atoms with van der Waals surface area (Å²) in [5, 5.41) is 15.3. The van der Waals surface area contributed by atoms with E-state index in [0.717, 1.165) is 10.8 Å². The summed E-state index contributed by atoms with van der Waals surface area (Å²) >= 11 is 0. The highest BCUT2D eigenvalue weighted by molar-refractivity contribution is 5.99. The molecule has 0 spiro atoms. The predicted octanol–water partition coefficient (Wildman–Crippen LogP) is 3.94. The van der Waals surface area contributed by atoms with Crippen LogP contribution in [0.3, 0.4) is 0 Å². The van der Waals surface area contributed by atoms with E-state index in [9.17, 15) is 19.7 Å². The van der Waals surface area contributed by atoms with Gasteiger partial charge in [0, 0.05) is 12.1 Å². The second-order valence-electron chi connectivity index (χ2n) is 6.24. The van der Waals surface area contributed by atoms with Crippen LogP contribution < -0.4 is 10.1 Å². The zero-order valence-electron chi connectivity index (χ0n) is 15.7. The Morgan fingerprint density at radius 3 is 2.45 bits per heavy atom. The van der Waals surface area contributed by atoms with Gasteiger partial charge in [-0.2, -0.15) is 0 Å². The van der Waals surface area contributed by atoms with Gasteiger partial charge in [0.25, 0.3) is 11.6 Å². The van der Waals surface area contributed by atoms with Crippen molar-refractivity contribution < 1.29 is 24.0 Å². The van der Waals surface area contributed by atoms with Gasteiger partial charge < -0.3 is 14.8 Å². The molecule has 0 aromatic heterocycles. The molecule has 0 radical (unpaired) electrons. The number of nitrogens with zero attached hydrogens (tertiary/aromatic N) is 1. The van der Waals surface area contributed by atoms with Gasteiger partial charge in [0.05, 0.1) is 23.3 Å². The fourth-order valence-corrected chi connectivity index (χ4v) is 2.74. The Hall–Kier alpha value is -3.94. The van der Waals surface area contributed by atoms with Crippen LogP contribution in [0.5, 0.6) is 5.75 Å². The summed E-state index contributed by atoms with van der Waals surface area (Å²) in [5.41, 5.74) is 0.221. The van der Waals surface area contributed by atoms with E-state index in [0.29, 0.717) is 5.56 Å². The van der Waals surface area contributed by atoms with Gasteiger partial charge in [-0.15, -0.1) is 0 Å². The number of hydrogen-bond acceptors (Lipinski definition) is 6. The van der Waals surface area contributed by atoms with Gasteiger partial charge in [-0.25, -0.2) is 4.79 Å². The number of methoxy groups -OCH3 is 1. The third-order valence-electron chi connectivity index (χ3n) is 4.29. The van der Waals surface area contributed by atoms with Crippen LogP contribution in [0.4, 0.5) is 11.4 Å². The minimum atomic E-state index is -1.13. The van der Waals surface area contributed by atoms with Crippen LogP contribution in [0.15, 0.2) is 60.7 Å². The van der Waals surface area contributed by atoms with Crippen molar-refractivity contribution in [3.05, 3.63) is 76.3 Å². The van der Waals surface area contributed by atoms with Gasteiger partial charge in [0.2, 0.25) is 0 Å². The molecule has 8 heteroatoms. The summed E-state index contributed by atoms with van der Waals surface area (Å²) in [4.78, 5) is 35.2. The number of esters is 1. The Morgan fingerprint density at radius 2 is 1.76 bits per heavy atom. The van der Waals surface area contributed by atoms with E-state index in [1.807, 2.05) is 24.3 Å². The third kappa shape index (κ3) is 4.49. The molecule has 0 fully saturated rings. The standard InChI is InChI=1S/C21H18N2O6/c1-13(20(24)22-18-12-17(23(26)27)9-10-19(18)28-2)29-21(25)16-8-7-14-5-3-4-6-15(14)11-16/h3-13H,1-2H3,(H,22,24)/t13-/m1/s1. The zero-order valence-corrected chi connectivity index (χ0v) is 15.7. The fourth-order valence-electron chi connectivity index (χ4n) is 2.74. The van der Waals surface area contributed by atoms with Gasteiger partial charge in [0.1, 0.15) is 5.75 Å². The summed E-state index contributed by atoms with van der Waals surface area (Å²) in [6, 6.07) is 16.5. The quantitative estimate of drug-likeness (QED) is 0.385. The number of carbonyl (C=O) groups is 2. The fraction of sp³-hybridized carbons (Fsp3) is 0.143. The number of rotatable bonds is 6. The Bertz CT molecular complexity index is 1100. The third-order valence-corrected chi connectivity index (χ3v) is 4.29. The second kappa shape index (κ2) is 8.39. The molecule has 0 aliphatic rings. The Balaban J connectivity index is 1.72. The molecule has 0 aliphatic heterocycles. The first-order valence-corrected chi connectivity index (χ1v) is 8.72. The van der Waals surface area contributed by atoms with Crippen molar-refractivity contribution in [3.8, 4) is 5.75 Å². The van der Waals surface area contributed by atoms with Gasteiger partial charge >= 0.3 is 5.97 Å². The highest BCUT2D eigenvalue weighted by Gasteiger charge is 2.21. The molecule has 0 saturated carbocycles. The highest BCUT2D eigenvalue weighted by Crippen LogP contribution is 2.29. The number of nitro benzene ring substituents is 1. The Kier molecular flexibility index (Phi) is 5.73. The van der Waals surface area contributed by atoms with E-state index in [2.05, 4.69) is 5.32 Å². The lowest BCUT2D eigenvalue weighted by atomic mass is 10.1. The number of nitro groups is 1. The van der Waals surface area contributed by atoms with E-state index in [1.54, 1.807) is 18.2 Å². The number of non-ortho nitro benzene ring substituents is 1. The van der Waals surface area contributed by atoms with E-state index in [4.69, 9.17) is 9.47 Å². The smallest absolute Gasteiger partial charge is 0.338 e. The molecule has 1 amide bonds. The molecule has 8 nitrogen and oxygen atoms in total. The maximum atomic E-state index is 12.4. The summed E-state index contributed by atoms with van der Waals surface area (Å²) in [5.74, 6) is -1.04. The lowest BCUT2D eigenvalue weighted by Crippen LogP contribution is -2.30. The van der Waals surface area contributed by atoms with Crippen molar-refractivity contribution in [3.63, 3.8) is 0 Å². The topological polar surface area (TPSA) is 108 Å². The van der Waals surface area contributed by atoms with Crippen LogP contribution in [0.25, 0.3) is 10.8 Å². The first kappa shape index (κ1) is 19.8. The molecular formula is C21H18N2O6. The van der Waals surface area contributed by atoms with E-state index >= 15 is 0 Å². The monoisotopic (exact) mass is 394 g/mol. The first-order chi connectivity index (χ1) is 13.9. The molecule has 3 rings (SSSR count). The largest absolute Gasteiger partial charge is 0.495 e. The van der Waals surface area contributed by atoms with Crippen LogP contribution in [-0.2, 0) is 9.53 Å². The van der Waals surface area contributed by atoms with Crippen molar-refractivity contribution in [1.29, 1.82) is 0 Å². The number of amides is 1. The molecule has 0 heterocycles. The van der Waals surface area contributed by atoms with Crippen LogP contribution in [0, 0.1) is 10.1 Å². The predicted molar refractivity (Wildman–Crippen MR) is 107 cm³/mol. The molecule has 0 saturated heterocycles. The normalized spacial score (nSPS) is 11.5. The molecule has 29 heavy (non-hydrogen) atoms. The van der Waals surface area contributed by atoms with Crippen LogP contribution in [0.2, 0.25) is 0 Å². The SMILES string of the molecule is COc1ccc([N+](=O)[O-])cc1NC(=O)[C@@H](C)OC(=O)c1ccc2ccccc2c1. The maximum absolute atomic E-state index is 12.4. The number of carbonyl (C=O) groups excluding carboxylic acids is 2. The molecule has 0 unspecified atom stereocenters. The van der Waals surface area contributed by atoms with Gasteiger partial charge in [-0.1, -0.05) is 30.3 Å². The summed E-state index contributed by atoms with van der Waals surface area (Å²) in [6.45, 7) is 1.41. The molecule has 148 valence electrons. The number of benzene rings is 3. The second-order valence-corrected chi connectivity index (χ2v) is 6.24. The molecular weight excluding hydrogens is 376 g/mol. The van der Waals surface area contributed by atoms with Gasteiger partial charge in [-0.05, 0) is 35.9 Å². The summed E-state index contributed by atoms with van der Waals surface area (Å²) in [6.07, 6.45) is -1.13. The average molecular weight is 394 g/mol. The molecule has 3 aromatic rings. The Labute approximate surface area is 166 Å². The number of nitrogens with one attached hydrogen (secondary N) is 1.